The molecule has 3 N–H and O–H groups in total. The van der Waals surface area contributed by atoms with Gasteiger partial charge in [0.15, 0.2) is 6.29 Å². The molecule has 1 unspecified atom stereocenters. The van der Waals surface area contributed by atoms with Crippen LogP contribution in [0.5, 0.6) is 0 Å². The monoisotopic (exact) mass is 671 g/mol. The summed E-state index contributed by atoms with van der Waals surface area (Å²) < 4.78 is 31.2. The smallest absolute Gasteiger partial charge is 0.313 e. The molecule has 274 valence electrons. The van der Waals surface area contributed by atoms with Crippen LogP contribution in [0.3, 0.4) is 0 Å². The van der Waals surface area contributed by atoms with E-state index in [-0.39, 0.29) is 29.9 Å². The Kier molecular flexibility index (Phi) is 16.2. The number of rotatable bonds is 11. The van der Waals surface area contributed by atoms with Gasteiger partial charge in [-0.3, -0.25) is 14.4 Å². The van der Waals surface area contributed by atoms with Crippen molar-refractivity contribution < 1.29 is 43.2 Å². The van der Waals surface area contributed by atoms with Gasteiger partial charge >= 0.3 is 5.97 Å². The lowest BCUT2D eigenvalue weighted by Gasteiger charge is -2.47. The van der Waals surface area contributed by atoms with E-state index in [1.807, 2.05) is 39.8 Å². The number of cyclic esters (lactones) is 1. The molecular formula is C35H65N3O9. The van der Waals surface area contributed by atoms with Gasteiger partial charge in [0.05, 0.1) is 23.9 Å². The van der Waals surface area contributed by atoms with Crippen molar-refractivity contribution in [2.45, 2.75) is 154 Å². The Morgan fingerprint density at radius 1 is 1.15 bits per heavy atom. The van der Waals surface area contributed by atoms with E-state index in [9.17, 15) is 19.5 Å². The molecule has 2 saturated heterocycles. The minimum absolute atomic E-state index is 0.0250. The van der Waals surface area contributed by atoms with E-state index in [0.29, 0.717) is 38.1 Å². The number of aliphatic hydroxyl groups is 1. The maximum atomic E-state index is 13.9. The highest BCUT2D eigenvalue weighted by Crippen LogP contribution is 2.37. The van der Waals surface area contributed by atoms with E-state index in [0.717, 1.165) is 12.8 Å². The van der Waals surface area contributed by atoms with Crippen LogP contribution in [-0.2, 0) is 38.1 Å². The average Bonchev–Trinajstić information content (AvgIpc) is 3.02. The predicted octanol–water partition coefficient (Wildman–Crippen LogP) is 3.07. The quantitative estimate of drug-likeness (QED) is 0.169. The van der Waals surface area contributed by atoms with E-state index in [4.69, 9.17) is 23.7 Å². The zero-order chi connectivity index (χ0) is 35.7. The molecule has 12 nitrogen and oxygen atoms in total. The molecule has 0 bridgehead atoms. The van der Waals surface area contributed by atoms with Crippen molar-refractivity contribution >= 4 is 18.2 Å². The highest BCUT2D eigenvalue weighted by atomic mass is 16.7. The first kappa shape index (κ1) is 41.5. The fraction of sp³-hybridized carbons (Fsp3) is 0.914. The maximum absolute atomic E-state index is 13.9. The number of hydrogen-bond acceptors (Lipinski definition) is 11. The van der Waals surface area contributed by atoms with Crippen molar-refractivity contribution in [3.63, 3.8) is 0 Å². The topological polar surface area (TPSA) is 145 Å². The highest BCUT2D eigenvalue weighted by molar-refractivity contribution is 5.97. The second-order valence-electron chi connectivity index (χ2n) is 14.9. The van der Waals surface area contributed by atoms with Crippen molar-refractivity contribution in [3.05, 3.63) is 0 Å². The molecule has 0 saturated carbocycles. The number of methoxy groups -OCH3 is 2. The summed E-state index contributed by atoms with van der Waals surface area (Å²) in [6.45, 7) is 16.2. The number of esters is 1. The molecule has 0 spiro atoms. The second-order valence-corrected chi connectivity index (χ2v) is 14.9. The molecule has 0 aromatic carbocycles. The van der Waals surface area contributed by atoms with Crippen molar-refractivity contribution in [1.29, 1.82) is 0 Å². The van der Waals surface area contributed by atoms with Gasteiger partial charge < -0.3 is 44.3 Å². The van der Waals surface area contributed by atoms with Gasteiger partial charge in [-0.25, -0.2) is 0 Å². The molecular weight excluding hydrogens is 606 g/mol. The van der Waals surface area contributed by atoms with E-state index < -0.39 is 60.2 Å². The maximum Gasteiger partial charge on any atom is 0.313 e. The van der Waals surface area contributed by atoms with Crippen LogP contribution in [-0.4, -0.2) is 123 Å². The van der Waals surface area contributed by atoms with Crippen LogP contribution in [0.15, 0.2) is 0 Å². The molecule has 0 aromatic heterocycles. The number of hydrogen-bond donors (Lipinski definition) is 3. The minimum Gasteiger partial charge on any atom is -0.459 e. The normalized spacial score (nSPS) is 40.1. The molecule has 2 heterocycles. The Morgan fingerprint density at radius 3 is 2.34 bits per heavy atom. The number of ketones is 1. The van der Waals surface area contributed by atoms with Crippen LogP contribution in [0.1, 0.15) is 93.9 Å². The molecule has 2 aliphatic heterocycles. The molecule has 12 heteroatoms. The summed E-state index contributed by atoms with van der Waals surface area (Å²) in [4.78, 5) is 41.0. The zero-order valence-electron chi connectivity index (χ0n) is 31.0. The van der Waals surface area contributed by atoms with Crippen molar-refractivity contribution in [3.8, 4) is 0 Å². The number of carbonyl (C=O) groups is 3. The highest BCUT2D eigenvalue weighted by Gasteiger charge is 2.50. The van der Waals surface area contributed by atoms with Crippen LogP contribution in [0.2, 0.25) is 0 Å². The number of ether oxygens (including phenoxy) is 5. The average molecular weight is 672 g/mol. The first-order chi connectivity index (χ1) is 22.0. The van der Waals surface area contributed by atoms with E-state index in [1.54, 1.807) is 21.0 Å². The summed E-state index contributed by atoms with van der Waals surface area (Å²) in [6.07, 6.45) is -0.252. The van der Waals surface area contributed by atoms with Crippen LogP contribution in [0.25, 0.3) is 0 Å². The molecule has 12 atom stereocenters. The lowest BCUT2D eigenvalue weighted by Crippen LogP contribution is -2.64. The Bertz CT molecular complexity index is 999. The standard InChI is InChI=1S/C35H65N3O9/c1-13-28-35(8,44-12)31(37-20-39)24(6)36-19-22(4)18-34(7,43-11)32(23(5)27(40)17-29(41)46-28)47-33-30(42)26(38(9)10)16-25(45-33)15-14-21(2)3/h20-26,28,30-33,36,42H,13-19H2,1-12H3,(H,37,39)/t22-,23+,24-,25-,26?,28-,30-,31-,32-,33+,34-,35-/m1/s1. The third-order valence-corrected chi connectivity index (χ3v) is 10.5. The lowest BCUT2D eigenvalue weighted by atomic mass is 9.80. The number of aliphatic hydroxyl groups excluding tert-OH is 1. The molecule has 0 aliphatic carbocycles. The number of carbonyl (C=O) groups excluding carboxylic acids is 3. The van der Waals surface area contributed by atoms with Gasteiger partial charge in [-0.15, -0.1) is 0 Å². The number of likely N-dealkylation sites (N-methyl/N-ethyl adjacent to an activating group) is 1. The summed E-state index contributed by atoms with van der Waals surface area (Å²) in [7, 11) is 6.97. The largest absolute Gasteiger partial charge is 0.459 e. The van der Waals surface area contributed by atoms with Gasteiger partial charge in [0.1, 0.15) is 30.0 Å². The third kappa shape index (κ3) is 10.7. The first-order valence-electron chi connectivity index (χ1n) is 17.4. The first-order valence-corrected chi connectivity index (χ1v) is 17.4. The predicted molar refractivity (Wildman–Crippen MR) is 180 cm³/mol. The lowest BCUT2D eigenvalue weighted by molar-refractivity contribution is -0.298. The summed E-state index contributed by atoms with van der Waals surface area (Å²) >= 11 is 0. The van der Waals surface area contributed by atoms with E-state index in [2.05, 4.69) is 31.4 Å². The SMILES string of the molecule is CC[C@H]1OC(=O)CC(=O)[C@H](C)[C@@H](O[C@@H]2O[C@H](CCC(C)C)CC(N(C)C)[C@H]2O)[C@](C)(OC)C[C@@H](C)CN[C@H](C)[C@@H](NC=O)[C@]1(C)OC. The minimum atomic E-state index is -1.09. The molecule has 2 aliphatic rings. The van der Waals surface area contributed by atoms with Gasteiger partial charge in [-0.1, -0.05) is 34.6 Å². The van der Waals surface area contributed by atoms with Gasteiger partial charge in [0.25, 0.3) is 0 Å². The molecule has 2 rings (SSSR count). The van der Waals surface area contributed by atoms with Crippen LogP contribution >= 0.6 is 0 Å². The number of nitrogens with zero attached hydrogens (tertiary/aromatic N) is 1. The number of nitrogens with one attached hydrogen (secondary N) is 2. The number of Topliss-reactive ketones (excluding diaryl/α,β-unsaturated/α-hetero) is 1. The Labute approximate surface area is 283 Å². The van der Waals surface area contributed by atoms with Crippen molar-refractivity contribution in [2.24, 2.45) is 17.8 Å². The number of amides is 1. The Balaban J connectivity index is 2.54. The van der Waals surface area contributed by atoms with Crippen LogP contribution < -0.4 is 10.6 Å². The Morgan fingerprint density at radius 2 is 1.81 bits per heavy atom. The summed E-state index contributed by atoms with van der Waals surface area (Å²) in [5.74, 6) is -1.35. The summed E-state index contributed by atoms with van der Waals surface area (Å²) in [5.41, 5.74) is -2.09. The van der Waals surface area contributed by atoms with Gasteiger partial charge in [-0.05, 0) is 85.4 Å². The third-order valence-electron chi connectivity index (χ3n) is 10.5. The molecule has 1 amide bonds. The van der Waals surface area contributed by atoms with Gasteiger partial charge in [0, 0.05) is 32.2 Å². The van der Waals surface area contributed by atoms with E-state index >= 15 is 0 Å². The molecule has 47 heavy (non-hydrogen) atoms. The van der Waals surface area contributed by atoms with Crippen LogP contribution in [0.4, 0.5) is 0 Å². The summed E-state index contributed by atoms with van der Waals surface area (Å²) in [6, 6.07) is -1.04. The van der Waals surface area contributed by atoms with Crippen molar-refractivity contribution in [1.82, 2.24) is 15.5 Å². The molecule has 0 radical (unpaired) electrons. The zero-order valence-corrected chi connectivity index (χ0v) is 31.0. The molecule has 0 aromatic rings. The van der Waals surface area contributed by atoms with Crippen molar-refractivity contribution in [2.75, 3.05) is 34.9 Å². The summed E-state index contributed by atoms with van der Waals surface area (Å²) in [5, 5.41) is 17.9. The van der Waals surface area contributed by atoms with Crippen LogP contribution in [0, 0.1) is 17.8 Å². The van der Waals surface area contributed by atoms with Gasteiger partial charge in [-0.2, -0.15) is 0 Å². The van der Waals surface area contributed by atoms with Gasteiger partial charge in [0.2, 0.25) is 6.41 Å². The second kappa shape index (κ2) is 18.4. The Hall–Kier alpha value is -1.67. The fourth-order valence-electron chi connectivity index (χ4n) is 7.39. The fourth-order valence-corrected chi connectivity index (χ4v) is 7.39. The van der Waals surface area contributed by atoms with E-state index in [1.165, 1.54) is 7.11 Å². The molecule has 2 fully saturated rings.